The van der Waals surface area contributed by atoms with E-state index >= 15 is 0 Å². The summed E-state index contributed by atoms with van der Waals surface area (Å²) in [5.74, 6) is 2.32. The molecule has 7 heteroatoms. The molecule has 0 saturated heterocycles. The lowest BCUT2D eigenvalue weighted by atomic mass is 10.1. The lowest BCUT2D eigenvalue weighted by Gasteiger charge is -2.10. The van der Waals surface area contributed by atoms with Crippen molar-refractivity contribution >= 4 is 33.0 Å². The number of nitrogens with one attached hydrogen (secondary N) is 1. The molecule has 0 aliphatic heterocycles. The summed E-state index contributed by atoms with van der Waals surface area (Å²) in [6, 6.07) is 26.3. The molecule has 2 aromatic carbocycles. The molecule has 0 atom stereocenters. The number of aromatic nitrogens is 5. The van der Waals surface area contributed by atoms with Crippen molar-refractivity contribution in [1.82, 2.24) is 24.6 Å². The molecule has 6 rings (SSSR count). The van der Waals surface area contributed by atoms with E-state index in [1.807, 2.05) is 77.3 Å². The van der Waals surface area contributed by atoms with E-state index in [2.05, 4.69) is 33.0 Å². The summed E-state index contributed by atoms with van der Waals surface area (Å²) in [5, 5.41) is 15.3. The number of pyridine rings is 1. The second-order valence-corrected chi connectivity index (χ2v) is 8.21. The topological polar surface area (TPSA) is 68.0 Å². The van der Waals surface area contributed by atoms with E-state index in [1.165, 1.54) is 0 Å². The number of hydrogen-bond acceptors (Lipinski definition) is 6. The average molecular weight is 435 g/mol. The van der Waals surface area contributed by atoms with Crippen molar-refractivity contribution < 1.29 is 0 Å². The van der Waals surface area contributed by atoms with Gasteiger partial charge >= 0.3 is 0 Å². The van der Waals surface area contributed by atoms with Gasteiger partial charge in [-0.2, -0.15) is 0 Å². The number of anilines is 1. The van der Waals surface area contributed by atoms with Gasteiger partial charge in [-0.15, -0.1) is 21.5 Å². The average Bonchev–Trinajstić information content (AvgIpc) is 3.48. The Hall–Kier alpha value is -4.10. The number of thiophene rings is 1. The highest BCUT2D eigenvalue weighted by atomic mass is 32.1. The van der Waals surface area contributed by atoms with Crippen LogP contribution in [0.5, 0.6) is 0 Å². The van der Waals surface area contributed by atoms with E-state index in [-0.39, 0.29) is 0 Å². The Kier molecular flexibility index (Phi) is 4.58. The molecule has 6 nitrogen and oxygen atoms in total. The summed E-state index contributed by atoms with van der Waals surface area (Å²) in [6.07, 6.45) is 1.97. The smallest absolute Gasteiger partial charge is 0.163 e. The molecule has 154 valence electrons. The molecule has 1 N–H and O–H groups in total. The van der Waals surface area contributed by atoms with Gasteiger partial charge in [-0.05, 0) is 17.7 Å². The fourth-order valence-electron chi connectivity index (χ4n) is 3.79. The minimum Gasteiger partial charge on any atom is -0.362 e. The normalized spacial score (nSPS) is 11.2. The molecule has 0 spiro atoms. The van der Waals surface area contributed by atoms with Gasteiger partial charge in [0, 0.05) is 22.7 Å². The lowest BCUT2D eigenvalue weighted by molar-refractivity contribution is 0.913. The van der Waals surface area contributed by atoms with Gasteiger partial charge in [-0.25, -0.2) is 9.97 Å². The van der Waals surface area contributed by atoms with Gasteiger partial charge in [0.2, 0.25) is 0 Å². The van der Waals surface area contributed by atoms with Gasteiger partial charge < -0.3 is 5.32 Å². The summed E-state index contributed by atoms with van der Waals surface area (Å²) >= 11 is 1.63. The third-order valence-corrected chi connectivity index (χ3v) is 6.22. The van der Waals surface area contributed by atoms with Crippen LogP contribution >= 0.6 is 11.3 Å². The zero-order valence-electron chi connectivity index (χ0n) is 17.0. The Morgan fingerprint density at radius 1 is 0.781 bits per heavy atom. The molecule has 0 unspecified atom stereocenters. The molecular formula is C25H18N6S. The van der Waals surface area contributed by atoms with Gasteiger partial charge in [-0.1, -0.05) is 66.7 Å². The van der Waals surface area contributed by atoms with Gasteiger partial charge in [0.25, 0.3) is 0 Å². The first-order valence-corrected chi connectivity index (χ1v) is 11.2. The highest BCUT2D eigenvalue weighted by Gasteiger charge is 2.17. The molecule has 4 heterocycles. The number of nitrogens with zero attached hydrogens (tertiary/aromatic N) is 5. The van der Waals surface area contributed by atoms with E-state index in [4.69, 9.17) is 9.97 Å². The molecule has 0 radical (unpaired) electrons. The van der Waals surface area contributed by atoms with Crippen molar-refractivity contribution in [2.75, 3.05) is 5.32 Å². The van der Waals surface area contributed by atoms with Crippen LogP contribution in [0.25, 0.3) is 38.4 Å². The van der Waals surface area contributed by atoms with Crippen molar-refractivity contribution in [3.8, 4) is 22.5 Å². The Morgan fingerprint density at radius 2 is 1.53 bits per heavy atom. The van der Waals surface area contributed by atoms with Crippen LogP contribution < -0.4 is 5.32 Å². The molecule has 0 amide bonds. The molecule has 0 saturated carbocycles. The Morgan fingerprint density at radius 3 is 2.34 bits per heavy atom. The summed E-state index contributed by atoms with van der Waals surface area (Å²) in [7, 11) is 0. The van der Waals surface area contributed by atoms with Gasteiger partial charge in [-0.3, -0.25) is 4.40 Å². The van der Waals surface area contributed by atoms with Gasteiger partial charge in [0.1, 0.15) is 10.6 Å². The molecule has 0 aliphatic rings. The Bertz CT molecular complexity index is 1520. The van der Waals surface area contributed by atoms with Crippen LogP contribution in [0.4, 0.5) is 5.82 Å². The molecule has 0 fully saturated rings. The van der Waals surface area contributed by atoms with Crippen LogP contribution in [-0.4, -0.2) is 24.6 Å². The van der Waals surface area contributed by atoms with E-state index in [1.54, 1.807) is 11.3 Å². The van der Waals surface area contributed by atoms with Crippen molar-refractivity contribution in [3.05, 3.63) is 96.3 Å². The Balaban J connectivity index is 1.48. The zero-order chi connectivity index (χ0) is 21.3. The maximum Gasteiger partial charge on any atom is 0.163 e. The van der Waals surface area contributed by atoms with E-state index in [0.29, 0.717) is 12.4 Å². The maximum absolute atomic E-state index is 4.94. The predicted molar refractivity (Wildman–Crippen MR) is 129 cm³/mol. The molecule has 32 heavy (non-hydrogen) atoms. The quantitative estimate of drug-likeness (QED) is 0.378. The fraction of sp³-hybridized carbons (Fsp3) is 0.0400. The number of rotatable bonds is 5. The first kappa shape index (κ1) is 18.7. The fourth-order valence-corrected chi connectivity index (χ4v) is 4.74. The van der Waals surface area contributed by atoms with E-state index < -0.39 is 0 Å². The monoisotopic (exact) mass is 434 g/mol. The van der Waals surface area contributed by atoms with Gasteiger partial charge in [0.15, 0.2) is 17.3 Å². The first-order chi connectivity index (χ1) is 15.9. The van der Waals surface area contributed by atoms with Crippen LogP contribution in [-0.2, 0) is 6.54 Å². The molecule has 4 aromatic heterocycles. The van der Waals surface area contributed by atoms with Crippen LogP contribution in [0.1, 0.15) is 5.82 Å². The van der Waals surface area contributed by atoms with Crippen molar-refractivity contribution in [2.24, 2.45) is 0 Å². The third kappa shape index (κ3) is 3.29. The molecule has 0 bridgehead atoms. The largest absolute Gasteiger partial charge is 0.362 e. The highest BCUT2D eigenvalue weighted by molar-refractivity contribution is 7.17. The van der Waals surface area contributed by atoms with Crippen molar-refractivity contribution in [1.29, 1.82) is 0 Å². The Labute approximate surface area is 188 Å². The summed E-state index contributed by atoms with van der Waals surface area (Å²) < 4.78 is 1.98. The summed E-state index contributed by atoms with van der Waals surface area (Å²) in [6.45, 7) is 0.496. The second kappa shape index (κ2) is 7.86. The van der Waals surface area contributed by atoms with Crippen LogP contribution in [0.2, 0.25) is 0 Å². The van der Waals surface area contributed by atoms with Crippen LogP contribution in [0.15, 0.2) is 90.4 Å². The van der Waals surface area contributed by atoms with E-state index in [9.17, 15) is 0 Å². The first-order valence-electron chi connectivity index (χ1n) is 10.3. The van der Waals surface area contributed by atoms with Gasteiger partial charge in [0.05, 0.1) is 11.9 Å². The van der Waals surface area contributed by atoms with Crippen molar-refractivity contribution in [2.45, 2.75) is 6.54 Å². The second-order valence-electron chi connectivity index (χ2n) is 7.36. The number of fused-ring (bicyclic) bond motifs is 2. The maximum atomic E-state index is 4.94. The minimum absolute atomic E-state index is 0.496. The number of hydrogen-bond donors (Lipinski definition) is 1. The zero-order valence-corrected chi connectivity index (χ0v) is 17.8. The highest BCUT2D eigenvalue weighted by Crippen LogP contribution is 2.38. The van der Waals surface area contributed by atoms with Crippen LogP contribution in [0.3, 0.4) is 0 Å². The van der Waals surface area contributed by atoms with E-state index in [0.717, 1.165) is 44.2 Å². The lowest BCUT2D eigenvalue weighted by Crippen LogP contribution is -2.07. The number of benzene rings is 2. The third-order valence-electron chi connectivity index (χ3n) is 5.35. The van der Waals surface area contributed by atoms with Crippen molar-refractivity contribution in [3.63, 3.8) is 0 Å². The van der Waals surface area contributed by atoms with Crippen LogP contribution in [0, 0.1) is 0 Å². The minimum atomic E-state index is 0.496. The molecule has 0 aliphatic carbocycles. The summed E-state index contributed by atoms with van der Waals surface area (Å²) in [5.41, 5.74) is 4.08. The SMILES string of the molecule is c1ccc(-c2nc(NCc3nnc4ccccn34)c3c(-c4ccccc4)csc3n2)cc1. The molecule has 6 aromatic rings. The summed E-state index contributed by atoms with van der Waals surface area (Å²) in [4.78, 5) is 10.8. The molecular weight excluding hydrogens is 416 g/mol. The predicted octanol–water partition coefficient (Wildman–Crippen LogP) is 5.68. The standard InChI is InChI=1S/C25H18N6S/c1-3-9-17(10-4-1)19-16-32-25-22(19)24(27-23(28-25)18-11-5-2-6-12-18)26-15-21-30-29-20-13-7-8-14-31(20)21/h1-14,16H,15H2,(H,26,27,28).